The summed E-state index contributed by atoms with van der Waals surface area (Å²) >= 11 is 1.07. The van der Waals surface area contributed by atoms with Crippen molar-refractivity contribution >= 4 is 11.8 Å². The summed E-state index contributed by atoms with van der Waals surface area (Å²) in [7, 11) is 0. The summed E-state index contributed by atoms with van der Waals surface area (Å²) in [6.45, 7) is 1.58. The molecule has 1 heterocycles. The number of hydrogen-bond donors (Lipinski definition) is 1. The topological polar surface area (TPSA) is 46.3 Å². The predicted molar refractivity (Wildman–Crippen MR) is 57.7 cm³/mol. The minimum atomic E-state index is -0.382. The first kappa shape index (κ1) is 11.2. The number of halogens is 1. The second-order valence-electron chi connectivity index (χ2n) is 3.24. The Morgan fingerprint density at radius 1 is 1.50 bits per heavy atom. The van der Waals surface area contributed by atoms with Crippen molar-refractivity contribution in [3.05, 3.63) is 41.5 Å². The molecule has 0 atom stereocenters. The van der Waals surface area contributed by atoms with E-state index in [9.17, 15) is 4.39 Å². The standard InChI is InChI=1S/C11H10FNO2S/c1-7-6-15-11(13-7)16-10-8(5-14)3-2-4-9(10)12/h2-4,6,14H,5H2,1H3. The Kier molecular flexibility index (Phi) is 3.26. The monoisotopic (exact) mass is 239 g/mol. The number of aromatic nitrogens is 1. The lowest BCUT2D eigenvalue weighted by molar-refractivity contribution is 0.277. The van der Waals surface area contributed by atoms with Gasteiger partial charge in [0.2, 0.25) is 0 Å². The molecule has 0 amide bonds. The van der Waals surface area contributed by atoms with Gasteiger partial charge in [-0.15, -0.1) is 0 Å². The average Bonchev–Trinajstić information content (AvgIpc) is 2.67. The number of rotatable bonds is 3. The third kappa shape index (κ3) is 2.25. The van der Waals surface area contributed by atoms with Crippen LogP contribution < -0.4 is 0 Å². The molecule has 1 aromatic heterocycles. The summed E-state index contributed by atoms with van der Waals surface area (Å²) in [5, 5.41) is 9.47. The minimum Gasteiger partial charge on any atom is -0.439 e. The lowest BCUT2D eigenvalue weighted by Crippen LogP contribution is -1.91. The van der Waals surface area contributed by atoms with Gasteiger partial charge in [0.05, 0.1) is 17.2 Å². The van der Waals surface area contributed by atoms with Crippen LogP contribution in [-0.4, -0.2) is 10.1 Å². The maximum Gasteiger partial charge on any atom is 0.260 e. The van der Waals surface area contributed by atoms with Gasteiger partial charge in [0.15, 0.2) is 0 Å². The van der Waals surface area contributed by atoms with Crippen LogP contribution in [0.2, 0.25) is 0 Å². The van der Waals surface area contributed by atoms with E-state index in [-0.39, 0.29) is 12.4 Å². The Labute approximate surface area is 96.3 Å². The first-order chi connectivity index (χ1) is 7.70. The lowest BCUT2D eigenvalue weighted by atomic mass is 10.2. The molecule has 5 heteroatoms. The van der Waals surface area contributed by atoms with E-state index in [1.165, 1.54) is 12.3 Å². The molecule has 0 saturated carbocycles. The van der Waals surface area contributed by atoms with E-state index in [0.717, 1.165) is 17.5 Å². The van der Waals surface area contributed by atoms with E-state index < -0.39 is 0 Å². The molecule has 0 fully saturated rings. The van der Waals surface area contributed by atoms with E-state index in [4.69, 9.17) is 9.52 Å². The summed E-state index contributed by atoms with van der Waals surface area (Å²) in [4.78, 5) is 4.42. The van der Waals surface area contributed by atoms with Crippen LogP contribution in [0.3, 0.4) is 0 Å². The number of benzene rings is 1. The average molecular weight is 239 g/mol. The van der Waals surface area contributed by atoms with Crippen molar-refractivity contribution < 1.29 is 13.9 Å². The molecule has 3 nitrogen and oxygen atoms in total. The van der Waals surface area contributed by atoms with Crippen molar-refractivity contribution in [3.8, 4) is 0 Å². The zero-order valence-corrected chi connectivity index (χ0v) is 9.42. The Hall–Kier alpha value is -1.33. The summed E-state index contributed by atoms with van der Waals surface area (Å²) in [5.41, 5.74) is 1.27. The van der Waals surface area contributed by atoms with Crippen molar-refractivity contribution in [2.75, 3.05) is 0 Å². The molecule has 84 valence electrons. The first-order valence-corrected chi connectivity index (χ1v) is 5.50. The molecule has 0 aliphatic rings. The molecular formula is C11H10FNO2S. The Morgan fingerprint density at radius 2 is 2.31 bits per heavy atom. The van der Waals surface area contributed by atoms with Gasteiger partial charge in [-0.1, -0.05) is 12.1 Å². The van der Waals surface area contributed by atoms with Gasteiger partial charge in [0.1, 0.15) is 12.1 Å². The van der Waals surface area contributed by atoms with Gasteiger partial charge < -0.3 is 9.52 Å². The van der Waals surface area contributed by atoms with E-state index in [0.29, 0.717) is 15.7 Å². The summed E-state index contributed by atoms with van der Waals surface area (Å²) < 4.78 is 18.7. The zero-order valence-electron chi connectivity index (χ0n) is 8.61. The van der Waals surface area contributed by atoms with Gasteiger partial charge in [0, 0.05) is 0 Å². The smallest absolute Gasteiger partial charge is 0.260 e. The fourth-order valence-electron chi connectivity index (χ4n) is 1.26. The third-order valence-corrected chi connectivity index (χ3v) is 3.03. The van der Waals surface area contributed by atoms with Gasteiger partial charge in [-0.3, -0.25) is 0 Å². The molecule has 1 aromatic carbocycles. The molecule has 0 bridgehead atoms. The number of hydrogen-bond acceptors (Lipinski definition) is 4. The van der Waals surface area contributed by atoms with Crippen molar-refractivity contribution in [1.29, 1.82) is 0 Å². The van der Waals surface area contributed by atoms with E-state index in [2.05, 4.69) is 4.98 Å². The van der Waals surface area contributed by atoms with Crippen LogP contribution in [0.15, 0.2) is 39.0 Å². The number of aryl methyl sites for hydroxylation is 1. The van der Waals surface area contributed by atoms with Crippen LogP contribution in [0.4, 0.5) is 4.39 Å². The fourth-order valence-corrected chi connectivity index (χ4v) is 2.15. The molecular weight excluding hydrogens is 229 g/mol. The summed E-state index contributed by atoms with van der Waals surface area (Å²) in [5.74, 6) is -0.382. The normalized spacial score (nSPS) is 10.7. The number of aliphatic hydroxyl groups excluding tert-OH is 1. The number of aliphatic hydroxyl groups is 1. The Bertz CT molecular complexity index is 498. The highest BCUT2D eigenvalue weighted by Crippen LogP contribution is 2.32. The molecule has 2 aromatic rings. The Balaban J connectivity index is 2.33. The highest BCUT2D eigenvalue weighted by Gasteiger charge is 2.12. The summed E-state index contributed by atoms with van der Waals surface area (Å²) in [6.07, 6.45) is 1.50. The van der Waals surface area contributed by atoms with Crippen molar-refractivity contribution in [2.45, 2.75) is 23.6 Å². The van der Waals surface area contributed by atoms with E-state index in [1.807, 2.05) is 0 Å². The molecule has 0 aliphatic heterocycles. The molecule has 2 rings (SSSR count). The number of oxazole rings is 1. The van der Waals surface area contributed by atoms with E-state index >= 15 is 0 Å². The quantitative estimate of drug-likeness (QED) is 0.894. The molecule has 0 aliphatic carbocycles. The molecule has 0 saturated heterocycles. The highest BCUT2D eigenvalue weighted by molar-refractivity contribution is 7.99. The molecule has 0 radical (unpaired) electrons. The fraction of sp³-hybridized carbons (Fsp3) is 0.182. The minimum absolute atomic E-state index is 0.209. The van der Waals surface area contributed by atoms with Crippen molar-refractivity contribution in [2.24, 2.45) is 0 Å². The van der Waals surface area contributed by atoms with Gasteiger partial charge in [-0.05, 0) is 30.3 Å². The molecule has 0 spiro atoms. The largest absolute Gasteiger partial charge is 0.439 e. The van der Waals surface area contributed by atoms with Crippen LogP contribution in [-0.2, 0) is 6.61 Å². The van der Waals surface area contributed by atoms with Crippen molar-refractivity contribution in [1.82, 2.24) is 4.98 Å². The van der Waals surface area contributed by atoms with Crippen LogP contribution in [0.1, 0.15) is 11.3 Å². The maximum absolute atomic E-state index is 13.5. The van der Waals surface area contributed by atoms with E-state index in [1.54, 1.807) is 19.1 Å². The lowest BCUT2D eigenvalue weighted by Gasteiger charge is -2.05. The Morgan fingerprint density at radius 3 is 2.94 bits per heavy atom. The first-order valence-electron chi connectivity index (χ1n) is 4.69. The van der Waals surface area contributed by atoms with Crippen LogP contribution in [0.25, 0.3) is 0 Å². The SMILES string of the molecule is Cc1coc(Sc2c(F)cccc2CO)n1. The molecule has 0 unspecified atom stereocenters. The van der Waals surface area contributed by atoms with Gasteiger partial charge in [-0.2, -0.15) is 0 Å². The van der Waals surface area contributed by atoms with Crippen LogP contribution in [0.5, 0.6) is 0 Å². The van der Waals surface area contributed by atoms with Gasteiger partial charge >= 0.3 is 0 Å². The van der Waals surface area contributed by atoms with Crippen LogP contribution >= 0.6 is 11.8 Å². The highest BCUT2D eigenvalue weighted by atomic mass is 32.2. The van der Waals surface area contributed by atoms with Gasteiger partial charge in [-0.25, -0.2) is 9.37 Å². The zero-order chi connectivity index (χ0) is 11.5. The second kappa shape index (κ2) is 4.67. The maximum atomic E-state index is 13.5. The third-order valence-electron chi connectivity index (χ3n) is 2.01. The van der Waals surface area contributed by atoms with Crippen molar-refractivity contribution in [3.63, 3.8) is 0 Å². The van der Waals surface area contributed by atoms with Crippen LogP contribution in [0, 0.1) is 12.7 Å². The number of nitrogens with zero attached hydrogens (tertiary/aromatic N) is 1. The molecule has 16 heavy (non-hydrogen) atoms. The second-order valence-corrected chi connectivity index (χ2v) is 4.20. The van der Waals surface area contributed by atoms with Gasteiger partial charge in [0.25, 0.3) is 5.22 Å². The predicted octanol–water partition coefficient (Wildman–Crippen LogP) is 2.77. The molecule has 1 N–H and O–H groups in total. The summed E-state index contributed by atoms with van der Waals surface area (Å²) in [6, 6.07) is 4.57.